The Morgan fingerprint density at radius 3 is 1.07 bits per heavy atom. The van der Waals surface area contributed by atoms with Crippen LogP contribution in [-0.4, -0.2) is 63.0 Å². The molecule has 0 saturated heterocycles. The van der Waals surface area contributed by atoms with Crippen LogP contribution < -0.4 is 5.73 Å². The van der Waals surface area contributed by atoms with E-state index in [1.807, 2.05) is 13.8 Å². The number of hydrogen-bond acceptors (Lipinski definition) is 7. The lowest BCUT2D eigenvalue weighted by atomic mass is 9.96. The van der Waals surface area contributed by atoms with Crippen molar-refractivity contribution in [1.82, 2.24) is 4.90 Å². The van der Waals surface area contributed by atoms with Crippen LogP contribution in [-0.2, 0) is 23.9 Å². The summed E-state index contributed by atoms with van der Waals surface area (Å²) in [6, 6.07) is 0. The van der Waals surface area contributed by atoms with E-state index in [0.29, 0.717) is 56.5 Å². The number of carbonyl (C=O) groups excluding carboxylic acids is 3. The molecule has 342 valence electrons. The van der Waals surface area contributed by atoms with Gasteiger partial charge in [0.1, 0.15) is 5.78 Å². The van der Waals surface area contributed by atoms with E-state index in [1.54, 1.807) is 0 Å². The Labute approximate surface area is 356 Å². The van der Waals surface area contributed by atoms with E-state index in [4.69, 9.17) is 15.2 Å². The maximum Gasteiger partial charge on any atom is 0.305 e. The molecule has 2 N–H and O–H groups in total. The minimum Gasteiger partial charge on any atom is -0.465 e. The second-order valence-electron chi connectivity index (χ2n) is 16.8. The normalized spacial score (nSPS) is 12.0. The summed E-state index contributed by atoms with van der Waals surface area (Å²) < 4.78 is 11.3. The number of nitrogens with two attached hydrogens (primary N) is 1. The zero-order chi connectivity index (χ0) is 43.0. The fourth-order valence-electron chi connectivity index (χ4n) is 7.02. The van der Waals surface area contributed by atoms with E-state index < -0.39 is 0 Å². The summed E-state index contributed by atoms with van der Waals surface area (Å²) in [4.78, 5) is 38.9. The third kappa shape index (κ3) is 50.6. The van der Waals surface area contributed by atoms with Gasteiger partial charge in [-0.2, -0.15) is 0 Å². The van der Waals surface area contributed by atoms with Crippen molar-refractivity contribution in [2.24, 2.45) is 17.6 Å². The molecule has 0 aliphatic carbocycles. The number of ether oxygens (including phenoxy) is 2. The number of Topliss-reactive ketones (excluding diaryl/α,β-unsaturated/α-hetero) is 1. The molecule has 0 aromatic heterocycles. The molecule has 0 fully saturated rings. The minimum absolute atomic E-state index is 0.0229. The second-order valence-corrected chi connectivity index (χ2v) is 16.8. The van der Waals surface area contributed by atoms with Gasteiger partial charge in [-0.3, -0.25) is 14.4 Å². The van der Waals surface area contributed by atoms with Crippen LogP contribution in [0.1, 0.15) is 253 Å². The molecule has 0 bridgehead atoms. The molecule has 7 heteroatoms. The molecule has 0 aromatic rings. The van der Waals surface area contributed by atoms with Crippen molar-refractivity contribution in [3.63, 3.8) is 0 Å². The Morgan fingerprint density at radius 1 is 0.439 bits per heavy atom. The number of carbonyl (C=O) groups is 3. The van der Waals surface area contributed by atoms with Crippen LogP contribution in [0.15, 0.2) is 0 Å². The van der Waals surface area contributed by atoms with Gasteiger partial charge in [-0.1, -0.05) is 170 Å². The Kier molecular flexibility index (Phi) is 53.2. The highest BCUT2D eigenvalue weighted by Crippen LogP contribution is 2.20. The van der Waals surface area contributed by atoms with Gasteiger partial charge in [0, 0.05) is 25.7 Å². The van der Waals surface area contributed by atoms with E-state index in [-0.39, 0.29) is 11.9 Å². The minimum atomic E-state index is -0.0229. The quantitative estimate of drug-likeness (QED) is 0.0485. The van der Waals surface area contributed by atoms with Crippen LogP contribution in [0.2, 0.25) is 0 Å². The maximum absolute atomic E-state index is 12.3. The van der Waals surface area contributed by atoms with Gasteiger partial charge < -0.3 is 20.1 Å². The van der Waals surface area contributed by atoms with Gasteiger partial charge in [-0.15, -0.1) is 0 Å². The molecule has 0 aromatic carbocycles. The zero-order valence-corrected chi connectivity index (χ0v) is 39.9. The highest BCUT2D eigenvalue weighted by atomic mass is 16.5. The number of esters is 2. The lowest BCUT2D eigenvalue weighted by Crippen LogP contribution is -2.16. The number of nitrogens with zero attached hydrogens (tertiary/aromatic N) is 1. The van der Waals surface area contributed by atoms with Gasteiger partial charge in [0.25, 0.3) is 0 Å². The summed E-state index contributed by atoms with van der Waals surface area (Å²) in [5.41, 5.74) is 5.25. The van der Waals surface area contributed by atoms with Gasteiger partial charge in [0.2, 0.25) is 0 Å². The van der Waals surface area contributed by atoms with E-state index in [1.165, 1.54) is 103 Å². The summed E-state index contributed by atoms with van der Waals surface area (Å²) in [6.07, 6.45) is 36.2. The summed E-state index contributed by atoms with van der Waals surface area (Å²) in [6.45, 7) is 16.1. The molecule has 0 heterocycles. The third-order valence-corrected chi connectivity index (χ3v) is 10.8. The van der Waals surface area contributed by atoms with Gasteiger partial charge in [-0.25, -0.2) is 0 Å². The molecular weight excluding hydrogens is 709 g/mol. The fraction of sp³-hybridized carbons (Fsp3) is 0.940. The average Bonchev–Trinajstić information content (AvgIpc) is 3.21. The predicted octanol–water partition coefficient (Wildman–Crippen LogP) is 14.4. The van der Waals surface area contributed by atoms with E-state index in [9.17, 15) is 14.4 Å². The molecule has 0 saturated carbocycles. The first-order valence-corrected chi connectivity index (χ1v) is 24.9. The lowest BCUT2D eigenvalue weighted by molar-refractivity contribution is -0.146. The van der Waals surface area contributed by atoms with Crippen molar-refractivity contribution >= 4 is 17.7 Å². The summed E-state index contributed by atoms with van der Waals surface area (Å²) in [5.74, 6) is 1.43. The summed E-state index contributed by atoms with van der Waals surface area (Å²) in [5, 5.41) is 0. The largest absolute Gasteiger partial charge is 0.465 e. The van der Waals surface area contributed by atoms with Crippen LogP contribution in [0.3, 0.4) is 0 Å². The van der Waals surface area contributed by atoms with Crippen LogP contribution in [0, 0.1) is 11.8 Å². The predicted molar refractivity (Wildman–Crippen MR) is 248 cm³/mol. The molecule has 0 spiro atoms. The number of hydrogen-bond donors (Lipinski definition) is 1. The first-order valence-electron chi connectivity index (χ1n) is 24.9. The van der Waals surface area contributed by atoms with E-state index in [0.717, 1.165) is 96.6 Å². The first-order chi connectivity index (χ1) is 27.7. The molecular formula is C50H102N2O5. The molecule has 0 aliphatic rings. The SMILES string of the molecule is CC.CCCCCCC(CCCC)COC(=O)CCCCCCCCC(=O)CCCCCCCCC(=O)OCC(CCCC)CCCCCC.CN(C)CCCN. The van der Waals surface area contributed by atoms with Crippen molar-refractivity contribution in [2.75, 3.05) is 40.4 Å². The topological polar surface area (TPSA) is 98.9 Å². The maximum atomic E-state index is 12.3. The Balaban J connectivity index is -0.00000289. The van der Waals surface area contributed by atoms with E-state index >= 15 is 0 Å². The van der Waals surface area contributed by atoms with Crippen molar-refractivity contribution in [3.8, 4) is 0 Å². The van der Waals surface area contributed by atoms with E-state index in [2.05, 4.69) is 46.7 Å². The molecule has 0 aliphatic heterocycles. The van der Waals surface area contributed by atoms with Crippen molar-refractivity contribution in [3.05, 3.63) is 0 Å². The molecule has 0 radical (unpaired) electrons. The standard InChI is InChI=1S/C43H82O5.C5H14N2.C2H6/c1-5-9-13-23-31-39(29-11-7-3)37-47-42(45)35-27-21-17-15-19-25-33-41(44)34-26-20-16-18-22-28-36-43(46)48-38-40(30-12-8-4)32-24-14-10-6-2;1-7(2)5-3-4-6;1-2/h39-40H,5-38H2,1-4H3;3-6H2,1-2H3;1-2H3. The highest BCUT2D eigenvalue weighted by molar-refractivity contribution is 5.78. The van der Waals surface area contributed by atoms with Gasteiger partial charge in [0.15, 0.2) is 0 Å². The first kappa shape index (κ1) is 59.8. The number of rotatable bonds is 41. The zero-order valence-electron chi connectivity index (χ0n) is 39.9. The molecule has 0 amide bonds. The van der Waals surface area contributed by atoms with Crippen LogP contribution in [0.5, 0.6) is 0 Å². The van der Waals surface area contributed by atoms with Gasteiger partial charge >= 0.3 is 11.9 Å². The second kappa shape index (κ2) is 50.7. The van der Waals surface area contributed by atoms with Gasteiger partial charge in [-0.05, 0) is 96.8 Å². The summed E-state index contributed by atoms with van der Waals surface area (Å²) in [7, 11) is 4.10. The highest BCUT2D eigenvalue weighted by Gasteiger charge is 2.13. The fourth-order valence-corrected chi connectivity index (χ4v) is 7.02. The average molecular weight is 811 g/mol. The summed E-state index contributed by atoms with van der Waals surface area (Å²) >= 11 is 0. The third-order valence-electron chi connectivity index (χ3n) is 10.8. The lowest BCUT2D eigenvalue weighted by Gasteiger charge is -2.16. The Bertz CT molecular complexity index is 763. The smallest absolute Gasteiger partial charge is 0.305 e. The van der Waals surface area contributed by atoms with Crippen molar-refractivity contribution < 1.29 is 23.9 Å². The molecule has 2 atom stereocenters. The Morgan fingerprint density at radius 2 is 0.754 bits per heavy atom. The van der Waals surface area contributed by atoms with Crippen LogP contribution >= 0.6 is 0 Å². The monoisotopic (exact) mass is 811 g/mol. The number of unbranched alkanes of at least 4 members (excludes halogenated alkanes) is 18. The van der Waals surface area contributed by atoms with Crippen molar-refractivity contribution in [2.45, 2.75) is 253 Å². The molecule has 2 unspecified atom stereocenters. The molecule has 57 heavy (non-hydrogen) atoms. The van der Waals surface area contributed by atoms with Crippen molar-refractivity contribution in [1.29, 1.82) is 0 Å². The molecule has 7 nitrogen and oxygen atoms in total. The molecule has 0 rings (SSSR count). The van der Waals surface area contributed by atoms with Crippen LogP contribution in [0.25, 0.3) is 0 Å². The van der Waals surface area contributed by atoms with Crippen LogP contribution in [0.4, 0.5) is 0 Å². The Hall–Kier alpha value is -1.47. The number of ketones is 1. The van der Waals surface area contributed by atoms with Gasteiger partial charge in [0.05, 0.1) is 13.2 Å².